The van der Waals surface area contributed by atoms with Gasteiger partial charge in [0.25, 0.3) is 15.9 Å². The third-order valence-corrected chi connectivity index (χ3v) is 8.13. The van der Waals surface area contributed by atoms with E-state index in [-0.39, 0.29) is 35.8 Å². The smallest absolute Gasteiger partial charge is 0.264 e. The maximum Gasteiger partial charge on any atom is 0.264 e. The minimum absolute atomic E-state index is 0.0945. The van der Waals surface area contributed by atoms with Gasteiger partial charge in [-0.05, 0) is 85.6 Å². The quantitative estimate of drug-likeness (QED) is 0.240. The molecule has 0 radical (unpaired) electrons. The van der Waals surface area contributed by atoms with Crippen molar-refractivity contribution in [1.29, 1.82) is 0 Å². The van der Waals surface area contributed by atoms with Gasteiger partial charge in [-0.25, -0.2) is 12.8 Å². The fourth-order valence-electron chi connectivity index (χ4n) is 3.88. The van der Waals surface area contributed by atoms with Crippen LogP contribution in [-0.4, -0.2) is 20.9 Å². The molecule has 1 amide bonds. The SMILES string of the molecule is Cc1ccc(S(=O)(=O)N(Cc2ccc(Cl)cc2)c2ccc(OCC(=O)N[C@H](C)c3ccc(F)cc3)cc2)cc1. The topological polar surface area (TPSA) is 75.7 Å². The molecule has 0 saturated carbocycles. The van der Waals surface area contributed by atoms with E-state index in [2.05, 4.69) is 5.32 Å². The number of carbonyl (C=O) groups is 1. The minimum atomic E-state index is -3.89. The van der Waals surface area contributed by atoms with Crippen molar-refractivity contribution in [3.8, 4) is 5.75 Å². The lowest BCUT2D eigenvalue weighted by Crippen LogP contribution is -2.31. The number of ether oxygens (including phenoxy) is 1. The highest BCUT2D eigenvalue weighted by atomic mass is 35.5. The first kappa shape index (κ1) is 28.1. The van der Waals surface area contributed by atoms with Gasteiger partial charge >= 0.3 is 0 Å². The van der Waals surface area contributed by atoms with Crippen LogP contribution < -0.4 is 14.4 Å². The summed E-state index contributed by atoms with van der Waals surface area (Å²) in [6.45, 7) is 3.55. The Kier molecular flexibility index (Phi) is 8.89. The normalized spacial score (nSPS) is 12.0. The molecule has 39 heavy (non-hydrogen) atoms. The van der Waals surface area contributed by atoms with E-state index in [4.69, 9.17) is 16.3 Å². The molecule has 6 nitrogen and oxygen atoms in total. The fraction of sp³-hybridized carbons (Fsp3) is 0.167. The van der Waals surface area contributed by atoms with Crippen LogP contribution in [0.15, 0.2) is 102 Å². The molecule has 0 aliphatic carbocycles. The maximum absolute atomic E-state index is 13.6. The van der Waals surface area contributed by atoms with Gasteiger partial charge < -0.3 is 10.1 Å². The first-order valence-electron chi connectivity index (χ1n) is 12.2. The second-order valence-corrected chi connectivity index (χ2v) is 11.4. The molecule has 0 spiro atoms. The maximum atomic E-state index is 13.6. The Morgan fingerprint density at radius 2 is 1.54 bits per heavy atom. The number of nitrogens with one attached hydrogen (secondary N) is 1. The summed E-state index contributed by atoms with van der Waals surface area (Å²) in [6, 6.07) is 25.8. The van der Waals surface area contributed by atoms with Crippen LogP contribution in [0.1, 0.15) is 29.7 Å². The third-order valence-electron chi connectivity index (χ3n) is 6.09. The summed E-state index contributed by atoms with van der Waals surface area (Å²) in [4.78, 5) is 12.5. The molecule has 0 heterocycles. The van der Waals surface area contributed by atoms with E-state index in [0.717, 1.165) is 16.7 Å². The second-order valence-electron chi connectivity index (χ2n) is 9.07. The second kappa shape index (κ2) is 12.3. The Hall–Kier alpha value is -3.88. The van der Waals surface area contributed by atoms with Gasteiger partial charge in [0.15, 0.2) is 6.61 Å². The molecule has 0 aliphatic rings. The van der Waals surface area contributed by atoms with E-state index < -0.39 is 10.0 Å². The van der Waals surface area contributed by atoms with Gasteiger partial charge in [-0.15, -0.1) is 0 Å². The molecular formula is C30H28ClFN2O4S. The average Bonchev–Trinajstić information content (AvgIpc) is 2.92. The van der Waals surface area contributed by atoms with Gasteiger partial charge in [0.1, 0.15) is 11.6 Å². The zero-order valence-electron chi connectivity index (χ0n) is 21.5. The van der Waals surface area contributed by atoms with Crippen LogP contribution in [0, 0.1) is 12.7 Å². The summed E-state index contributed by atoms with van der Waals surface area (Å²) in [5.74, 6) is -0.285. The number of anilines is 1. The standard InChI is InChI=1S/C30H28ClFN2O4S/c1-21-3-17-29(18-4-21)39(36,37)34(19-23-5-9-25(31)10-6-23)27-13-15-28(16-14-27)38-20-30(35)33-22(2)24-7-11-26(32)12-8-24/h3-18,22H,19-20H2,1-2H3,(H,33,35)/t22-/m1/s1. The van der Waals surface area contributed by atoms with Crippen LogP contribution in [-0.2, 0) is 21.4 Å². The number of sulfonamides is 1. The number of halogens is 2. The number of hydrogen-bond donors (Lipinski definition) is 1. The zero-order valence-corrected chi connectivity index (χ0v) is 23.0. The molecule has 0 saturated heterocycles. The van der Waals surface area contributed by atoms with Gasteiger partial charge in [0.05, 0.1) is 23.2 Å². The highest BCUT2D eigenvalue weighted by Gasteiger charge is 2.25. The van der Waals surface area contributed by atoms with Crippen LogP contribution in [0.5, 0.6) is 5.75 Å². The van der Waals surface area contributed by atoms with Crippen LogP contribution in [0.3, 0.4) is 0 Å². The summed E-state index contributed by atoms with van der Waals surface area (Å²) >= 11 is 6.01. The van der Waals surface area contributed by atoms with E-state index in [1.165, 1.54) is 16.4 Å². The first-order chi connectivity index (χ1) is 18.6. The van der Waals surface area contributed by atoms with Crippen LogP contribution in [0.25, 0.3) is 0 Å². The van der Waals surface area contributed by atoms with E-state index in [1.807, 2.05) is 6.92 Å². The molecule has 9 heteroatoms. The van der Waals surface area contributed by atoms with Crippen LogP contribution in [0.4, 0.5) is 10.1 Å². The molecule has 0 fully saturated rings. The fourth-order valence-corrected chi connectivity index (χ4v) is 5.46. The highest BCUT2D eigenvalue weighted by Crippen LogP contribution is 2.28. The monoisotopic (exact) mass is 566 g/mol. The average molecular weight is 567 g/mol. The zero-order chi connectivity index (χ0) is 28.0. The van der Waals surface area contributed by atoms with Gasteiger partial charge in [-0.1, -0.05) is 53.6 Å². The number of benzene rings is 4. The molecule has 4 aromatic rings. The third kappa shape index (κ3) is 7.37. The van der Waals surface area contributed by atoms with Crippen molar-refractivity contribution < 1.29 is 22.3 Å². The number of carbonyl (C=O) groups excluding carboxylic acids is 1. The van der Waals surface area contributed by atoms with Gasteiger partial charge in [0, 0.05) is 5.02 Å². The summed E-state index contributed by atoms with van der Waals surface area (Å²) in [6.07, 6.45) is 0. The van der Waals surface area contributed by atoms with Crippen molar-refractivity contribution in [3.63, 3.8) is 0 Å². The minimum Gasteiger partial charge on any atom is -0.484 e. The van der Waals surface area contributed by atoms with E-state index in [1.54, 1.807) is 91.9 Å². The van der Waals surface area contributed by atoms with E-state index >= 15 is 0 Å². The molecule has 0 unspecified atom stereocenters. The van der Waals surface area contributed by atoms with Crippen molar-refractivity contribution >= 4 is 33.2 Å². The largest absolute Gasteiger partial charge is 0.484 e. The summed E-state index contributed by atoms with van der Waals surface area (Å²) in [5.41, 5.74) is 2.93. The Morgan fingerprint density at radius 3 is 2.15 bits per heavy atom. The van der Waals surface area contributed by atoms with Gasteiger partial charge in [0.2, 0.25) is 0 Å². The summed E-state index contributed by atoms with van der Waals surface area (Å²) < 4.78 is 47.4. The number of amides is 1. The van der Waals surface area contributed by atoms with Crippen molar-refractivity contribution in [3.05, 3.63) is 125 Å². The lowest BCUT2D eigenvalue weighted by molar-refractivity contribution is -0.123. The number of aryl methyl sites for hydroxylation is 1. The highest BCUT2D eigenvalue weighted by molar-refractivity contribution is 7.92. The first-order valence-corrected chi connectivity index (χ1v) is 14.1. The van der Waals surface area contributed by atoms with E-state index in [9.17, 15) is 17.6 Å². The van der Waals surface area contributed by atoms with Crippen LogP contribution in [0.2, 0.25) is 5.02 Å². The van der Waals surface area contributed by atoms with Crippen molar-refractivity contribution in [2.24, 2.45) is 0 Å². The lowest BCUT2D eigenvalue weighted by Gasteiger charge is -2.25. The van der Waals surface area contributed by atoms with Gasteiger partial charge in [-0.2, -0.15) is 0 Å². The predicted octanol–water partition coefficient (Wildman–Crippen LogP) is 6.44. The summed E-state index contributed by atoms with van der Waals surface area (Å²) in [5, 5.41) is 3.36. The molecule has 4 rings (SSSR count). The molecule has 0 aliphatic heterocycles. The predicted molar refractivity (Wildman–Crippen MR) is 151 cm³/mol. The molecule has 202 valence electrons. The number of nitrogens with zero attached hydrogens (tertiary/aromatic N) is 1. The van der Waals surface area contributed by atoms with Crippen molar-refractivity contribution in [1.82, 2.24) is 5.32 Å². The molecular weight excluding hydrogens is 539 g/mol. The Bertz CT molecular complexity index is 1510. The van der Waals surface area contributed by atoms with Crippen molar-refractivity contribution in [2.45, 2.75) is 31.3 Å². The molecule has 0 aromatic heterocycles. The Labute approximate surface area is 233 Å². The van der Waals surface area contributed by atoms with E-state index in [0.29, 0.717) is 16.5 Å². The number of hydrogen-bond acceptors (Lipinski definition) is 4. The van der Waals surface area contributed by atoms with Crippen molar-refractivity contribution in [2.75, 3.05) is 10.9 Å². The van der Waals surface area contributed by atoms with Gasteiger partial charge in [-0.3, -0.25) is 9.10 Å². The number of rotatable bonds is 10. The Balaban J connectivity index is 1.48. The molecule has 4 aromatic carbocycles. The molecule has 1 N–H and O–H groups in total. The van der Waals surface area contributed by atoms with Crippen LogP contribution >= 0.6 is 11.6 Å². The molecule has 0 bridgehead atoms. The lowest BCUT2D eigenvalue weighted by atomic mass is 10.1. The summed E-state index contributed by atoms with van der Waals surface area (Å²) in [7, 11) is -3.89. The molecule has 1 atom stereocenters. The Morgan fingerprint density at radius 1 is 0.923 bits per heavy atom.